The smallest absolute Gasteiger partial charge is 0.235 e. The molecule has 4 heterocycles. The van der Waals surface area contributed by atoms with Gasteiger partial charge in [-0.25, -0.2) is 4.98 Å². The molecular formula is C19H22N3O5S2-. The molecule has 10 heteroatoms. The molecule has 0 aliphatic carbocycles. The number of amides is 1. The number of hydrogen-bond acceptors (Lipinski definition) is 9. The summed E-state index contributed by atoms with van der Waals surface area (Å²) in [6, 6.07) is -0.364. The first-order valence-electron chi connectivity index (χ1n) is 9.47. The summed E-state index contributed by atoms with van der Waals surface area (Å²) in [5.74, 6) is -2.58. The number of aliphatic hydroxyl groups excluding tert-OH is 2. The van der Waals surface area contributed by atoms with Crippen LogP contribution in [0, 0.1) is 11.8 Å². The summed E-state index contributed by atoms with van der Waals surface area (Å²) in [6.07, 6.45) is 1.88. The highest BCUT2D eigenvalue weighted by atomic mass is 32.2. The molecule has 1 amide bonds. The lowest BCUT2D eigenvalue weighted by molar-refractivity contribution is -0.301. The van der Waals surface area contributed by atoms with E-state index >= 15 is 0 Å². The third-order valence-electron chi connectivity index (χ3n) is 5.75. The SMILES string of the molecule is C[C@@H](O)[C@H]1C(=O)N2C(C(=O)[O-])=C(Sc3nc(C4=CCN[C@@H](CO)C4)cs3)[C@H](C)[C@H]12. The number of fused-ring (bicyclic) bond motifs is 1. The van der Waals surface area contributed by atoms with Crippen LogP contribution in [0.5, 0.6) is 0 Å². The molecule has 3 N–H and O–H groups in total. The highest BCUT2D eigenvalue weighted by Crippen LogP contribution is 2.52. The lowest BCUT2D eigenvalue weighted by Crippen LogP contribution is -2.64. The van der Waals surface area contributed by atoms with Gasteiger partial charge in [-0.1, -0.05) is 24.8 Å². The zero-order valence-corrected chi connectivity index (χ0v) is 17.6. The first-order chi connectivity index (χ1) is 13.8. The number of carbonyl (C=O) groups is 2. The number of nitrogens with zero attached hydrogens (tertiary/aromatic N) is 2. The molecule has 29 heavy (non-hydrogen) atoms. The van der Waals surface area contributed by atoms with Gasteiger partial charge in [-0.2, -0.15) is 0 Å². The second-order valence-corrected chi connectivity index (χ2v) is 9.72. The molecule has 3 aliphatic rings. The van der Waals surface area contributed by atoms with Crippen molar-refractivity contribution in [2.45, 2.75) is 42.8 Å². The van der Waals surface area contributed by atoms with Crippen molar-refractivity contribution in [1.82, 2.24) is 15.2 Å². The van der Waals surface area contributed by atoms with E-state index in [1.165, 1.54) is 28.0 Å². The fourth-order valence-electron chi connectivity index (χ4n) is 4.30. The zero-order valence-electron chi connectivity index (χ0n) is 16.0. The van der Waals surface area contributed by atoms with Crippen LogP contribution >= 0.6 is 23.1 Å². The van der Waals surface area contributed by atoms with Crippen molar-refractivity contribution in [2.75, 3.05) is 13.2 Å². The van der Waals surface area contributed by atoms with Gasteiger partial charge >= 0.3 is 0 Å². The third kappa shape index (κ3) is 3.42. The van der Waals surface area contributed by atoms with Crippen molar-refractivity contribution in [3.8, 4) is 0 Å². The van der Waals surface area contributed by atoms with Gasteiger partial charge in [0.1, 0.15) is 0 Å². The topological polar surface area (TPSA) is 126 Å². The van der Waals surface area contributed by atoms with E-state index in [0.29, 0.717) is 22.2 Å². The van der Waals surface area contributed by atoms with E-state index < -0.39 is 18.0 Å². The lowest BCUT2D eigenvalue weighted by Gasteiger charge is -2.47. The summed E-state index contributed by atoms with van der Waals surface area (Å²) in [5.41, 5.74) is 1.76. The molecule has 1 aromatic heterocycles. The van der Waals surface area contributed by atoms with Crippen molar-refractivity contribution in [1.29, 1.82) is 0 Å². The molecule has 8 nitrogen and oxygen atoms in total. The molecule has 0 spiro atoms. The average Bonchev–Trinajstić information content (AvgIpc) is 3.24. The maximum atomic E-state index is 12.4. The van der Waals surface area contributed by atoms with Gasteiger partial charge < -0.3 is 30.3 Å². The van der Waals surface area contributed by atoms with Gasteiger partial charge in [0.15, 0.2) is 4.34 Å². The van der Waals surface area contributed by atoms with E-state index in [-0.39, 0.29) is 36.2 Å². The van der Waals surface area contributed by atoms with Gasteiger partial charge in [0.25, 0.3) is 0 Å². The number of aliphatic hydroxyl groups is 2. The van der Waals surface area contributed by atoms with Crippen LogP contribution in [0.4, 0.5) is 0 Å². The number of aromatic nitrogens is 1. The quantitative estimate of drug-likeness (QED) is 0.523. The second kappa shape index (κ2) is 7.84. The fourth-order valence-corrected chi connectivity index (χ4v) is 6.41. The normalized spacial score (nSPS) is 30.1. The standard InChI is InChI=1S/C19H23N3O5S2/c1-8-14-13(9(2)24)17(25)22(14)15(18(26)27)16(8)29-19-21-12(7-28-19)10-3-4-20-11(5-10)6-23/h3,7-9,11,13-14,20,23-24H,4-6H2,1-2H3,(H,26,27)/p-1/t8-,9-,11-,13-,14-/m1/s1. The summed E-state index contributed by atoms with van der Waals surface area (Å²) < 4.78 is 0.684. The average molecular weight is 437 g/mol. The van der Waals surface area contributed by atoms with Crippen LogP contribution in [0.1, 0.15) is 26.0 Å². The van der Waals surface area contributed by atoms with Crippen LogP contribution in [0.25, 0.3) is 5.57 Å². The number of β-lactam (4-membered cyclic amide) rings is 1. The largest absolute Gasteiger partial charge is 0.543 e. The Kier molecular flexibility index (Phi) is 5.56. The Morgan fingerprint density at radius 3 is 2.97 bits per heavy atom. The summed E-state index contributed by atoms with van der Waals surface area (Å²) in [6.45, 7) is 4.14. The second-order valence-electron chi connectivity index (χ2n) is 7.58. The van der Waals surface area contributed by atoms with Gasteiger partial charge in [0.2, 0.25) is 5.91 Å². The minimum Gasteiger partial charge on any atom is -0.543 e. The molecule has 3 aliphatic heterocycles. The highest BCUT2D eigenvalue weighted by Gasteiger charge is 2.58. The fraction of sp³-hybridized carbons (Fsp3) is 0.526. The first kappa shape index (κ1) is 20.5. The predicted molar refractivity (Wildman–Crippen MR) is 106 cm³/mol. The summed E-state index contributed by atoms with van der Waals surface area (Å²) in [4.78, 5) is 30.6. The molecule has 4 rings (SSSR count). The molecule has 1 saturated heterocycles. The number of carboxylic acid groups (broad SMARTS) is 1. The van der Waals surface area contributed by atoms with Gasteiger partial charge in [-0.3, -0.25) is 4.79 Å². The molecule has 0 saturated carbocycles. The molecule has 1 aromatic rings. The van der Waals surface area contributed by atoms with E-state index in [1.807, 2.05) is 18.4 Å². The van der Waals surface area contributed by atoms with Crippen molar-refractivity contribution in [2.24, 2.45) is 11.8 Å². The van der Waals surface area contributed by atoms with Crippen LogP contribution in [0.3, 0.4) is 0 Å². The van der Waals surface area contributed by atoms with Crippen LogP contribution in [0.2, 0.25) is 0 Å². The van der Waals surface area contributed by atoms with E-state index in [9.17, 15) is 24.9 Å². The molecule has 156 valence electrons. The van der Waals surface area contributed by atoms with E-state index in [2.05, 4.69) is 10.3 Å². The molecule has 1 fully saturated rings. The summed E-state index contributed by atoms with van der Waals surface area (Å²) >= 11 is 2.66. The number of rotatable bonds is 6. The zero-order chi connectivity index (χ0) is 20.9. The third-order valence-corrected chi connectivity index (χ3v) is 7.98. The Hall–Kier alpha value is -1.72. The Labute approximate surface area is 176 Å². The minimum atomic E-state index is -1.39. The Morgan fingerprint density at radius 1 is 1.55 bits per heavy atom. The van der Waals surface area contributed by atoms with Crippen LogP contribution in [0.15, 0.2) is 26.4 Å². The Balaban J connectivity index is 1.58. The molecule has 0 radical (unpaired) electrons. The van der Waals surface area contributed by atoms with Gasteiger partial charge in [-0.15, -0.1) is 11.3 Å². The number of hydrogen-bond donors (Lipinski definition) is 3. The number of aliphatic carboxylic acids is 1. The van der Waals surface area contributed by atoms with Crippen molar-refractivity contribution >= 4 is 40.5 Å². The van der Waals surface area contributed by atoms with E-state index in [1.54, 1.807) is 6.92 Å². The van der Waals surface area contributed by atoms with E-state index in [4.69, 9.17) is 0 Å². The maximum Gasteiger partial charge on any atom is 0.235 e. The van der Waals surface area contributed by atoms with Crippen molar-refractivity contribution < 1.29 is 24.9 Å². The molecule has 0 bridgehead atoms. The monoisotopic (exact) mass is 436 g/mol. The molecular weight excluding hydrogens is 414 g/mol. The number of carboxylic acids is 1. The molecule has 0 unspecified atom stereocenters. The number of thiazole rings is 1. The maximum absolute atomic E-state index is 12.4. The molecule has 0 aromatic carbocycles. The minimum absolute atomic E-state index is 0.00175. The summed E-state index contributed by atoms with van der Waals surface area (Å²) in [5, 5.41) is 36.2. The van der Waals surface area contributed by atoms with Gasteiger partial charge in [0.05, 0.1) is 42.0 Å². The van der Waals surface area contributed by atoms with Gasteiger partial charge in [0, 0.05) is 28.8 Å². The summed E-state index contributed by atoms with van der Waals surface area (Å²) in [7, 11) is 0. The molecule has 5 atom stereocenters. The number of thioether (sulfide) groups is 1. The van der Waals surface area contributed by atoms with E-state index in [0.717, 1.165) is 11.3 Å². The van der Waals surface area contributed by atoms with Crippen LogP contribution < -0.4 is 10.4 Å². The van der Waals surface area contributed by atoms with Crippen LogP contribution in [-0.4, -0.2) is 63.3 Å². The first-order valence-corrected chi connectivity index (χ1v) is 11.2. The van der Waals surface area contributed by atoms with Gasteiger partial charge in [-0.05, 0) is 18.9 Å². The number of carbonyl (C=O) groups excluding carboxylic acids is 2. The van der Waals surface area contributed by atoms with Crippen molar-refractivity contribution in [3.63, 3.8) is 0 Å². The lowest BCUT2D eigenvalue weighted by atomic mass is 9.79. The Bertz CT molecular complexity index is 909. The van der Waals surface area contributed by atoms with Crippen LogP contribution in [-0.2, 0) is 9.59 Å². The Morgan fingerprint density at radius 2 is 2.31 bits per heavy atom. The highest BCUT2D eigenvalue weighted by molar-refractivity contribution is 8.04. The number of nitrogens with one attached hydrogen (secondary N) is 1. The predicted octanol–water partition coefficient (Wildman–Crippen LogP) is -0.208. The van der Waals surface area contributed by atoms with Crippen molar-refractivity contribution in [3.05, 3.63) is 27.8 Å².